The van der Waals surface area contributed by atoms with Gasteiger partial charge < -0.3 is 10.6 Å². The molecule has 1 unspecified atom stereocenters. The van der Waals surface area contributed by atoms with Crippen molar-refractivity contribution in [2.24, 2.45) is 0 Å². The Kier molecular flexibility index (Phi) is 7.19. The van der Waals surface area contributed by atoms with Gasteiger partial charge in [0.15, 0.2) is 11.3 Å². The highest BCUT2D eigenvalue weighted by molar-refractivity contribution is 7.99. The number of nitrogens with one attached hydrogen (secondary N) is 2. The van der Waals surface area contributed by atoms with Gasteiger partial charge in [0, 0.05) is 10.7 Å². The standard InChI is InChI=1S/C18H14Cl4N4O2S/c19-11-5-7-12(8-6-11)24-15(28)9-29-17-25-13-3-1-2-4-14(13)26(17)16(23-10-27)18(20,21)22/h1-8,10,16H,9H2,(H,23,27)(H,24,28). The highest BCUT2D eigenvalue weighted by Gasteiger charge is 2.36. The Morgan fingerprint density at radius 1 is 1.17 bits per heavy atom. The number of benzene rings is 2. The van der Waals surface area contributed by atoms with E-state index in [1.807, 2.05) is 6.07 Å². The fourth-order valence-electron chi connectivity index (χ4n) is 2.61. The number of carbonyl (C=O) groups excluding carboxylic acids is 2. The van der Waals surface area contributed by atoms with Gasteiger partial charge >= 0.3 is 0 Å². The van der Waals surface area contributed by atoms with Crippen molar-refractivity contribution in [2.75, 3.05) is 11.1 Å². The summed E-state index contributed by atoms with van der Waals surface area (Å²) in [5.41, 5.74) is 1.91. The Morgan fingerprint density at radius 3 is 2.52 bits per heavy atom. The number of fused-ring (bicyclic) bond motifs is 1. The van der Waals surface area contributed by atoms with Gasteiger partial charge in [-0.3, -0.25) is 14.2 Å². The summed E-state index contributed by atoms with van der Waals surface area (Å²) in [5, 5.41) is 6.28. The van der Waals surface area contributed by atoms with Crippen molar-refractivity contribution in [3.05, 3.63) is 53.6 Å². The van der Waals surface area contributed by atoms with Crippen LogP contribution in [0.3, 0.4) is 0 Å². The molecule has 29 heavy (non-hydrogen) atoms. The molecule has 0 aliphatic carbocycles. The minimum Gasteiger partial charge on any atom is -0.334 e. The summed E-state index contributed by atoms with van der Waals surface area (Å²) in [4.78, 5) is 28.0. The average Bonchev–Trinajstić information content (AvgIpc) is 3.03. The molecular formula is C18H14Cl4N4O2S. The van der Waals surface area contributed by atoms with E-state index in [-0.39, 0.29) is 11.7 Å². The fraction of sp³-hybridized carbons (Fsp3) is 0.167. The van der Waals surface area contributed by atoms with Crippen molar-refractivity contribution in [1.29, 1.82) is 0 Å². The minimum absolute atomic E-state index is 0.0552. The van der Waals surface area contributed by atoms with E-state index < -0.39 is 9.96 Å². The Balaban J connectivity index is 1.85. The second kappa shape index (κ2) is 9.45. The molecule has 1 aromatic heterocycles. The number of hydrogen-bond acceptors (Lipinski definition) is 4. The molecule has 0 aliphatic heterocycles. The molecular weight excluding hydrogens is 478 g/mol. The Hall–Kier alpha value is -1.64. The van der Waals surface area contributed by atoms with Crippen LogP contribution in [0.4, 0.5) is 5.69 Å². The van der Waals surface area contributed by atoms with Crippen LogP contribution >= 0.6 is 58.2 Å². The Morgan fingerprint density at radius 2 is 1.86 bits per heavy atom. The predicted molar refractivity (Wildman–Crippen MR) is 119 cm³/mol. The SMILES string of the molecule is O=CNC(n1c(SCC(=O)Nc2ccc(Cl)cc2)nc2ccccc21)C(Cl)(Cl)Cl. The molecule has 0 saturated carbocycles. The number of aromatic nitrogens is 2. The van der Waals surface area contributed by atoms with Gasteiger partial charge in [-0.15, -0.1) is 0 Å². The third-order valence-electron chi connectivity index (χ3n) is 3.82. The van der Waals surface area contributed by atoms with E-state index in [0.29, 0.717) is 33.3 Å². The number of rotatable bonds is 7. The summed E-state index contributed by atoms with van der Waals surface area (Å²) in [7, 11) is 0. The molecule has 1 atom stereocenters. The molecule has 0 saturated heterocycles. The first-order valence-corrected chi connectivity index (χ1v) is 10.7. The summed E-state index contributed by atoms with van der Waals surface area (Å²) in [6.07, 6.45) is -0.567. The second-order valence-corrected chi connectivity index (χ2v) is 9.57. The molecule has 0 aliphatic rings. The molecule has 6 nitrogen and oxygen atoms in total. The maximum absolute atomic E-state index is 12.3. The van der Waals surface area contributed by atoms with E-state index in [9.17, 15) is 9.59 Å². The number of thioether (sulfide) groups is 1. The summed E-state index contributed by atoms with van der Waals surface area (Å²) in [6, 6.07) is 14.0. The molecule has 1 heterocycles. The van der Waals surface area contributed by atoms with E-state index in [2.05, 4.69) is 15.6 Å². The van der Waals surface area contributed by atoms with Crippen LogP contribution in [0.2, 0.25) is 5.02 Å². The molecule has 152 valence electrons. The van der Waals surface area contributed by atoms with Crippen LogP contribution in [0, 0.1) is 0 Å². The lowest BCUT2D eigenvalue weighted by Gasteiger charge is -2.27. The predicted octanol–water partition coefficient (Wildman–Crippen LogP) is 5.04. The van der Waals surface area contributed by atoms with Gasteiger partial charge in [-0.05, 0) is 36.4 Å². The number of hydrogen-bond donors (Lipinski definition) is 2. The van der Waals surface area contributed by atoms with Crippen molar-refractivity contribution in [3.8, 4) is 0 Å². The number of amides is 2. The topological polar surface area (TPSA) is 76.0 Å². The molecule has 2 amide bonds. The monoisotopic (exact) mass is 490 g/mol. The quantitative estimate of drug-likeness (QED) is 0.276. The van der Waals surface area contributed by atoms with Gasteiger partial charge in [-0.1, -0.05) is 70.3 Å². The molecule has 2 aromatic carbocycles. The third kappa shape index (κ3) is 5.49. The molecule has 0 fully saturated rings. The van der Waals surface area contributed by atoms with Gasteiger partial charge in [-0.25, -0.2) is 4.98 Å². The lowest BCUT2D eigenvalue weighted by molar-refractivity contribution is -0.114. The van der Waals surface area contributed by atoms with E-state index >= 15 is 0 Å². The third-order valence-corrected chi connectivity index (χ3v) is 5.64. The smallest absolute Gasteiger partial charge is 0.234 e. The van der Waals surface area contributed by atoms with Crippen LogP contribution in [0.1, 0.15) is 6.17 Å². The summed E-state index contributed by atoms with van der Waals surface area (Å²) < 4.78 is -0.248. The number of para-hydroxylation sites is 2. The molecule has 0 radical (unpaired) electrons. The van der Waals surface area contributed by atoms with Crippen LogP contribution in [-0.2, 0) is 9.59 Å². The average molecular weight is 492 g/mol. The van der Waals surface area contributed by atoms with Gasteiger partial charge in [0.2, 0.25) is 16.1 Å². The van der Waals surface area contributed by atoms with Crippen molar-refractivity contribution >= 4 is 87.2 Å². The van der Waals surface area contributed by atoms with Crippen LogP contribution in [0.15, 0.2) is 53.7 Å². The van der Waals surface area contributed by atoms with Crippen LogP contribution in [0.25, 0.3) is 11.0 Å². The zero-order chi connectivity index (χ0) is 21.0. The highest BCUT2D eigenvalue weighted by Crippen LogP contribution is 2.40. The molecule has 0 spiro atoms. The lowest BCUT2D eigenvalue weighted by Crippen LogP contribution is -2.36. The molecule has 3 rings (SSSR count). The first kappa shape index (κ1) is 22.1. The number of nitrogens with zero attached hydrogens (tertiary/aromatic N) is 2. The van der Waals surface area contributed by atoms with Crippen molar-refractivity contribution < 1.29 is 9.59 Å². The second-order valence-electron chi connectivity index (χ2n) is 5.83. The summed E-state index contributed by atoms with van der Waals surface area (Å²) >= 11 is 25.3. The number of halogens is 4. The van der Waals surface area contributed by atoms with Crippen molar-refractivity contribution in [3.63, 3.8) is 0 Å². The Labute approximate surface area is 190 Å². The fourth-order valence-corrected chi connectivity index (χ4v) is 4.06. The van der Waals surface area contributed by atoms with Crippen molar-refractivity contribution in [1.82, 2.24) is 14.9 Å². The summed E-state index contributed by atoms with van der Waals surface area (Å²) in [5.74, 6) is -0.190. The van der Waals surface area contributed by atoms with Crippen molar-refractivity contribution in [2.45, 2.75) is 15.1 Å². The zero-order valence-corrected chi connectivity index (χ0v) is 18.5. The van der Waals surface area contributed by atoms with E-state index in [0.717, 1.165) is 11.8 Å². The van der Waals surface area contributed by atoms with Gasteiger partial charge in [0.25, 0.3) is 0 Å². The Bertz CT molecular complexity index is 1020. The van der Waals surface area contributed by atoms with Gasteiger partial charge in [-0.2, -0.15) is 0 Å². The first-order valence-electron chi connectivity index (χ1n) is 8.21. The minimum atomic E-state index is -1.84. The lowest BCUT2D eigenvalue weighted by atomic mass is 10.3. The van der Waals surface area contributed by atoms with Crippen LogP contribution < -0.4 is 10.6 Å². The maximum Gasteiger partial charge on any atom is 0.234 e. The van der Waals surface area contributed by atoms with Crippen LogP contribution in [-0.4, -0.2) is 31.4 Å². The van der Waals surface area contributed by atoms with Crippen LogP contribution in [0.5, 0.6) is 0 Å². The zero-order valence-electron chi connectivity index (χ0n) is 14.6. The summed E-state index contributed by atoms with van der Waals surface area (Å²) in [6.45, 7) is 0. The van der Waals surface area contributed by atoms with Gasteiger partial charge in [0.1, 0.15) is 0 Å². The molecule has 0 bridgehead atoms. The number of anilines is 1. The van der Waals surface area contributed by atoms with Gasteiger partial charge in [0.05, 0.1) is 16.8 Å². The van der Waals surface area contributed by atoms with E-state index in [4.69, 9.17) is 46.4 Å². The molecule has 3 aromatic rings. The largest absolute Gasteiger partial charge is 0.334 e. The normalized spacial score (nSPS) is 12.6. The van der Waals surface area contributed by atoms with E-state index in [1.54, 1.807) is 47.0 Å². The number of alkyl halides is 3. The molecule has 2 N–H and O–H groups in total. The number of carbonyl (C=O) groups is 2. The van der Waals surface area contributed by atoms with E-state index in [1.165, 1.54) is 0 Å². The number of imidazole rings is 1. The maximum atomic E-state index is 12.3. The molecule has 11 heteroatoms. The highest BCUT2D eigenvalue weighted by atomic mass is 35.6. The first-order chi connectivity index (χ1) is 13.8.